The first-order valence-electron chi connectivity index (χ1n) is 7.95. The summed E-state index contributed by atoms with van der Waals surface area (Å²) < 4.78 is 31.5. The Hall–Kier alpha value is -1.51. The molecule has 0 aliphatic rings. The molecule has 0 saturated heterocycles. The zero-order chi connectivity index (χ0) is 20.4. The van der Waals surface area contributed by atoms with Crippen molar-refractivity contribution in [3.05, 3.63) is 24.3 Å². The zero-order valence-corrected chi connectivity index (χ0v) is 16.8. The summed E-state index contributed by atoms with van der Waals surface area (Å²) >= 11 is 0. The maximum absolute atomic E-state index is 11.7. The minimum absolute atomic E-state index is 0.0409. The molecule has 0 aliphatic carbocycles. The number of quaternary nitrogens is 1. The van der Waals surface area contributed by atoms with Gasteiger partial charge < -0.3 is 18.9 Å². The Labute approximate surface area is 154 Å². The van der Waals surface area contributed by atoms with E-state index in [2.05, 4.69) is 13.2 Å². The van der Waals surface area contributed by atoms with Gasteiger partial charge in [0.15, 0.2) is 0 Å². The predicted molar refractivity (Wildman–Crippen MR) is 95.1 cm³/mol. The number of ether oxygens (including phenoxy) is 2. The first kappa shape index (κ1) is 24.5. The van der Waals surface area contributed by atoms with Crippen molar-refractivity contribution in [3.63, 3.8) is 0 Å². The minimum atomic E-state index is -4.24. The van der Waals surface area contributed by atoms with E-state index in [4.69, 9.17) is 18.5 Å². The number of hydrogen-bond acceptors (Lipinski definition) is 7. The van der Waals surface area contributed by atoms with Crippen LogP contribution in [0.1, 0.15) is 13.8 Å². The number of hydrogen-bond donors (Lipinski definition) is 1. The third-order valence-electron chi connectivity index (χ3n) is 3.15. The fourth-order valence-corrected chi connectivity index (χ4v) is 2.16. The van der Waals surface area contributed by atoms with E-state index in [-0.39, 0.29) is 32.0 Å². The summed E-state index contributed by atoms with van der Waals surface area (Å²) in [4.78, 5) is 32.0. The van der Waals surface area contributed by atoms with E-state index >= 15 is 0 Å². The van der Waals surface area contributed by atoms with E-state index in [1.807, 2.05) is 14.1 Å². The lowest BCUT2D eigenvalue weighted by Gasteiger charge is -2.29. The highest BCUT2D eigenvalue weighted by atomic mass is 31.2. The molecule has 0 aromatic heterocycles. The number of rotatable bonds is 13. The Kier molecular flexibility index (Phi) is 10.6. The number of likely N-dealkylation sites (N-methyl/N-ethyl adjacent to an activating group) is 1. The van der Waals surface area contributed by atoms with Crippen LogP contribution >= 0.6 is 7.82 Å². The molecule has 0 aliphatic heterocycles. The van der Waals surface area contributed by atoms with Gasteiger partial charge in [0.2, 0.25) is 0 Å². The van der Waals surface area contributed by atoms with Crippen LogP contribution < -0.4 is 0 Å². The van der Waals surface area contributed by atoms with Crippen LogP contribution in [0.2, 0.25) is 0 Å². The van der Waals surface area contributed by atoms with Gasteiger partial charge in [-0.2, -0.15) is 0 Å². The van der Waals surface area contributed by atoms with Crippen molar-refractivity contribution in [2.75, 3.05) is 53.6 Å². The molecule has 26 heavy (non-hydrogen) atoms. The summed E-state index contributed by atoms with van der Waals surface area (Å²) in [6.07, 6.45) is 0. The average Bonchev–Trinajstić information content (AvgIpc) is 2.50. The lowest BCUT2D eigenvalue weighted by molar-refractivity contribution is -0.890. The fraction of sp³-hybridized carbons (Fsp3) is 0.625. The highest BCUT2D eigenvalue weighted by Crippen LogP contribution is 2.42. The van der Waals surface area contributed by atoms with Crippen molar-refractivity contribution >= 4 is 19.8 Å². The molecule has 0 saturated carbocycles. The summed E-state index contributed by atoms with van der Waals surface area (Å²) in [5.41, 5.74) is 0.549. The van der Waals surface area contributed by atoms with Crippen molar-refractivity contribution in [2.24, 2.45) is 0 Å². The van der Waals surface area contributed by atoms with Gasteiger partial charge in [0, 0.05) is 11.1 Å². The van der Waals surface area contributed by atoms with Crippen molar-refractivity contribution in [1.29, 1.82) is 0 Å². The molecule has 0 aromatic rings. The number of nitrogens with zero attached hydrogens (tertiary/aromatic N) is 1. The van der Waals surface area contributed by atoms with E-state index in [0.717, 1.165) is 0 Å². The Bertz CT molecular complexity index is 573. The molecule has 1 atom stereocenters. The smallest absolute Gasteiger partial charge is 0.460 e. The molecule has 0 amide bonds. The number of carbonyl (C=O) groups is 2. The molecule has 1 unspecified atom stereocenters. The predicted octanol–water partition coefficient (Wildman–Crippen LogP) is 1.43. The van der Waals surface area contributed by atoms with Crippen molar-refractivity contribution in [3.8, 4) is 0 Å². The average molecular weight is 394 g/mol. The molecule has 0 spiro atoms. The van der Waals surface area contributed by atoms with Crippen LogP contribution in [0.3, 0.4) is 0 Å². The van der Waals surface area contributed by atoms with E-state index in [9.17, 15) is 19.0 Å². The van der Waals surface area contributed by atoms with Crippen LogP contribution in [0.15, 0.2) is 24.3 Å². The molecule has 0 rings (SSSR count). The largest absolute Gasteiger partial charge is 0.472 e. The maximum Gasteiger partial charge on any atom is 0.472 e. The van der Waals surface area contributed by atoms with Gasteiger partial charge in [-0.1, -0.05) is 13.2 Å². The molecule has 0 radical (unpaired) electrons. The molecule has 0 bridgehead atoms. The second kappa shape index (κ2) is 11.3. The number of carbonyl (C=O) groups excluding carboxylic acids is 2. The molecule has 0 heterocycles. The number of esters is 2. The second-order valence-corrected chi connectivity index (χ2v) is 7.80. The van der Waals surface area contributed by atoms with E-state index < -0.39 is 19.8 Å². The van der Waals surface area contributed by atoms with Gasteiger partial charge >= 0.3 is 19.8 Å². The fourth-order valence-electron chi connectivity index (χ4n) is 1.47. The molecule has 9 nitrogen and oxygen atoms in total. The van der Waals surface area contributed by atoms with Gasteiger partial charge in [0.1, 0.15) is 32.9 Å². The molecular weight excluding hydrogens is 365 g/mol. The molecule has 0 aromatic carbocycles. The number of phosphoric ester groups is 1. The second-order valence-electron chi connectivity index (χ2n) is 6.35. The number of phosphoric acid groups is 1. The van der Waals surface area contributed by atoms with Gasteiger partial charge in [-0.3, -0.25) is 9.05 Å². The summed E-state index contributed by atoms with van der Waals surface area (Å²) in [6, 6.07) is 0. The SMILES string of the molecule is C=C(C)C(=O)OCCOP(=O)(O)OCC[N+](C)(C)CCOC(=O)C(=C)C. The molecule has 150 valence electrons. The van der Waals surface area contributed by atoms with E-state index in [1.165, 1.54) is 6.92 Å². The standard InChI is InChI=1S/C16H28NO8P/c1-13(2)15(18)22-9-7-17(5,6)8-10-24-26(20,21)25-12-11-23-16(19)14(3)4/h1,3,7-12H2,2,4-6H3/p+1. The van der Waals surface area contributed by atoms with Crippen LogP contribution in [0.25, 0.3) is 0 Å². The monoisotopic (exact) mass is 394 g/mol. The summed E-state index contributed by atoms with van der Waals surface area (Å²) in [6.45, 7) is 10.5. The topological polar surface area (TPSA) is 108 Å². The van der Waals surface area contributed by atoms with Crippen LogP contribution in [0, 0.1) is 0 Å². The maximum atomic E-state index is 11.7. The van der Waals surface area contributed by atoms with Gasteiger partial charge in [-0.05, 0) is 13.8 Å². The summed E-state index contributed by atoms with van der Waals surface area (Å²) in [5, 5.41) is 0. The van der Waals surface area contributed by atoms with Gasteiger partial charge in [0.05, 0.1) is 20.7 Å². The van der Waals surface area contributed by atoms with E-state index in [0.29, 0.717) is 23.1 Å². The highest BCUT2D eigenvalue weighted by Gasteiger charge is 2.24. The van der Waals surface area contributed by atoms with Crippen LogP contribution in [-0.2, 0) is 32.7 Å². The molecular formula is C16H29NO8P+. The van der Waals surface area contributed by atoms with Crippen LogP contribution in [0.4, 0.5) is 0 Å². The minimum Gasteiger partial charge on any atom is -0.460 e. The summed E-state index contributed by atoms with van der Waals surface area (Å²) in [5.74, 6) is -1.06. The van der Waals surface area contributed by atoms with E-state index in [1.54, 1.807) is 6.92 Å². The van der Waals surface area contributed by atoms with Crippen LogP contribution in [0.5, 0.6) is 0 Å². The van der Waals surface area contributed by atoms with Crippen molar-refractivity contribution in [2.45, 2.75) is 13.8 Å². The first-order chi connectivity index (χ1) is 11.9. The normalized spacial score (nSPS) is 13.6. The molecule has 10 heteroatoms. The van der Waals surface area contributed by atoms with Crippen LogP contribution in [-0.4, -0.2) is 74.9 Å². The molecule has 0 fully saturated rings. The molecule has 1 N–H and O–H groups in total. The Morgan fingerprint density at radius 2 is 1.31 bits per heavy atom. The van der Waals surface area contributed by atoms with Crippen molar-refractivity contribution in [1.82, 2.24) is 0 Å². The van der Waals surface area contributed by atoms with Gasteiger partial charge in [-0.15, -0.1) is 0 Å². The first-order valence-corrected chi connectivity index (χ1v) is 9.45. The zero-order valence-electron chi connectivity index (χ0n) is 15.9. The quantitative estimate of drug-likeness (QED) is 0.164. The van der Waals surface area contributed by atoms with Gasteiger partial charge in [0.25, 0.3) is 0 Å². The van der Waals surface area contributed by atoms with Gasteiger partial charge in [-0.25, -0.2) is 14.2 Å². The Morgan fingerprint density at radius 1 is 0.885 bits per heavy atom. The highest BCUT2D eigenvalue weighted by molar-refractivity contribution is 7.47. The Balaban J connectivity index is 4.04. The summed E-state index contributed by atoms with van der Waals surface area (Å²) in [7, 11) is -0.519. The Morgan fingerprint density at radius 3 is 1.81 bits per heavy atom. The third-order valence-corrected chi connectivity index (χ3v) is 4.17. The lowest BCUT2D eigenvalue weighted by Crippen LogP contribution is -2.44. The third kappa shape index (κ3) is 11.9. The van der Waals surface area contributed by atoms with Crippen molar-refractivity contribution < 1.29 is 42.1 Å². The lowest BCUT2D eigenvalue weighted by atomic mass is 10.4.